The van der Waals surface area contributed by atoms with Crippen LogP contribution in [0.15, 0.2) is 18.2 Å². The van der Waals surface area contributed by atoms with Gasteiger partial charge in [-0.3, -0.25) is 0 Å². The Morgan fingerprint density at radius 2 is 1.88 bits per heavy atom. The second-order valence-corrected chi connectivity index (χ2v) is 4.64. The molecule has 0 bridgehead atoms. The maximum absolute atomic E-state index is 9.72. The van der Waals surface area contributed by atoms with Crippen LogP contribution >= 0.6 is 0 Å². The van der Waals surface area contributed by atoms with E-state index in [2.05, 4.69) is 0 Å². The summed E-state index contributed by atoms with van der Waals surface area (Å²) in [5, 5.41) is 19.1. The largest absolute Gasteiger partial charge is 0.496 e. The molecular weight excluding hydrogens is 216 g/mol. The average molecular weight is 238 g/mol. The van der Waals surface area contributed by atoms with Gasteiger partial charge in [0.05, 0.1) is 19.3 Å². The van der Waals surface area contributed by atoms with Gasteiger partial charge in [0.25, 0.3) is 0 Å². The third kappa shape index (κ3) is 3.45. The van der Waals surface area contributed by atoms with Crippen LogP contribution in [0.25, 0.3) is 0 Å². The lowest BCUT2D eigenvalue weighted by Gasteiger charge is -2.22. The summed E-state index contributed by atoms with van der Waals surface area (Å²) in [5.41, 5.74) is 2.25. The Morgan fingerprint density at radius 1 is 1.24 bits per heavy atom. The van der Waals surface area contributed by atoms with Crippen LogP contribution < -0.4 is 4.74 Å². The zero-order valence-corrected chi connectivity index (χ0v) is 11.0. The van der Waals surface area contributed by atoms with Gasteiger partial charge in [-0.25, -0.2) is 0 Å². The fraction of sp³-hybridized carbons (Fsp3) is 0.571. The van der Waals surface area contributed by atoms with E-state index in [9.17, 15) is 10.2 Å². The van der Waals surface area contributed by atoms with E-state index in [1.807, 2.05) is 32.0 Å². The quantitative estimate of drug-likeness (QED) is 0.827. The number of aliphatic hydroxyl groups is 2. The third-order valence-electron chi connectivity index (χ3n) is 3.15. The third-order valence-corrected chi connectivity index (χ3v) is 3.15. The number of aliphatic hydroxyl groups excluding tert-OH is 2. The maximum Gasteiger partial charge on any atom is 0.122 e. The van der Waals surface area contributed by atoms with Crippen molar-refractivity contribution in [1.29, 1.82) is 0 Å². The lowest BCUT2D eigenvalue weighted by Crippen LogP contribution is -2.24. The number of ether oxygens (including phenoxy) is 1. The molecule has 0 aliphatic rings. The number of methoxy groups -OCH3 is 1. The number of benzene rings is 1. The summed E-state index contributed by atoms with van der Waals surface area (Å²) in [5.74, 6) is 0.992. The Bertz CT molecular complexity index is 360. The molecule has 1 aromatic rings. The van der Waals surface area contributed by atoms with Crippen LogP contribution in [0.4, 0.5) is 0 Å². The minimum Gasteiger partial charge on any atom is -0.496 e. The Labute approximate surface area is 103 Å². The number of hydrogen-bond acceptors (Lipinski definition) is 3. The number of rotatable bonds is 5. The highest BCUT2D eigenvalue weighted by Crippen LogP contribution is 2.32. The molecule has 0 aromatic heterocycles. The Morgan fingerprint density at radius 3 is 2.41 bits per heavy atom. The first kappa shape index (κ1) is 14.0. The molecule has 17 heavy (non-hydrogen) atoms. The molecule has 0 spiro atoms. The SMILES string of the molecule is COc1cccc(C)c1C(C)CC(O)C(C)O. The molecule has 1 aromatic carbocycles. The molecule has 0 aliphatic heterocycles. The van der Waals surface area contributed by atoms with Gasteiger partial charge in [-0.05, 0) is 43.4 Å². The summed E-state index contributed by atoms with van der Waals surface area (Å²) in [6.07, 6.45) is -0.874. The van der Waals surface area contributed by atoms with E-state index in [0.29, 0.717) is 6.42 Å². The standard InChI is InChI=1S/C14H22O3/c1-9-6-5-7-13(17-4)14(9)10(2)8-12(16)11(3)15/h5-7,10-12,15-16H,8H2,1-4H3. The van der Waals surface area contributed by atoms with Crippen molar-refractivity contribution < 1.29 is 14.9 Å². The second kappa shape index (κ2) is 6.03. The molecule has 2 N–H and O–H groups in total. The van der Waals surface area contributed by atoms with Crippen molar-refractivity contribution in [2.45, 2.75) is 45.3 Å². The van der Waals surface area contributed by atoms with E-state index in [4.69, 9.17) is 4.74 Å². The smallest absolute Gasteiger partial charge is 0.122 e. The summed E-state index contributed by atoms with van der Waals surface area (Å²) < 4.78 is 5.35. The molecule has 3 nitrogen and oxygen atoms in total. The maximum atomic E-state index is 9.72. The summed E-state index contributed by atoms with van der Waals surface area (Å²) in [6, 6.07) is 5.91. The molecule has 0 aliphatic carbocycles. The van der Waals surface area contributed by atoms with Gasteiger partial charge in [-0.2, -0.15) is 0 Å². The zero-order valence-electron chi connectivity index (χ0n) is 11.0. The van der Waals surface area contributed by atoms with Gasteiger partial charge in [-0.15, -0.1) is 0 Å². The highest BCUT2D eigenvalue weighted by atomic mass is 16.5. The predicted molar refractivity (Wildman–Crippen MR) is 68.5 cm³/mol. The fourth-order valence-electron chi connectivity index (χ4n) is 2.14. The van der Waals surface area contributed by atoms with Crippen molar-refractivity contribution in [3.05, 3.63) is 29.3 Å². The van der Waals surface area contributed by atoms with Gasteiger partial charge in [0, 0.05) is 0 Å². The molecule has 1 rings (SSSR count). The van der Waals surface area contributed by atoms with E-state index < -0.39 is 12.2 Å². The number of hydrogen-bond donors (Lipinski definition) is 2. The highest BCUT2D eigenvalue weighted by molar-refractivity contribution is 5.42. The molecule has 0 fully saturated rings. The van der Waals surface area contributed by atoms with Crippen molar-refractivity contribution >= 4 is 0 Å². The molecule has 0 amide bonds. The van der Waals surface area contributed by atoms with Crippen LogP contribution in [-0.4, -0.2) is 29.5 Å². The van der Waals surface area contributed by atoms with Crippen LogP contribution in [0, 0.1) is 6.92 Å². The van der Waals surface area contributed by atoms with Gasteiger partial charge in [-0.1, -0.05) is 19.1 Å². The summed E-state index contributed by atoms with van der Waals surface area (Å²) in [4.78, 5) is 0. The first-order chi connectivity index (χ1) is 7.97. The fourth-order valence-corrected chi connectivity index (χ4v) is 2.14. The second-order valence-electron chi connectivity index (χ2n) is 4.64. The molecule has 0 saturated carbocycles. The molecular formula is C14H22O3. The molecule has 0 saturated heterocycles. The van der Waals surface area contributed by atoms with Gasteiger partial charge in [0.1, 0.15) is 5.75 Å². The summed E-state index contributed by atoms with van der Waals surface area (Å²) >= 11 is 0. The molecule has 0 radical (unpaired) electrons. The monoisotopic (exact) mass is 238 g/mol. The topological polar surface area (TPSA) is 49.7 Å². The van der Waals surface area contributed by atoms with Crippen molar-refractivity contribution in [2.24, 2.45) is 0 Å². The predicted octanol–water partition coefficient (Wildman–Crippen LogP) is 2.24. The Balaban J connectivity index is 2.91. The Hall–Kier alpha value is -1.06. The van der Waals surface area contributed by atoms with Crippen molar-refractivity contribution in [3.63, 3.8) is 0 Å². The minimum absolute atomic E-state index is 0.149. The van der Waals surface area contributed by atoms with E-state index in [-0.39, 0.29) is 5.92 Å². The van der Waals surface area contributed by atoms with Crippen molar-refractivity contribution in [2.75, 3.05) is 7.11 Å². The average Bonchev–Trinajstić information content (AvgIpc) is 2.27. The highest BCUT2D eigenvalue weighted by Gasteiger charge is 2.20. The zero-order chi connectivity index (χ0) is 13.0. The first-order valence-electron chi connectivity index (χ1n) is 5.97. The van der Waals surface area contributed by atoms with Crippen LogP contribution in [0.2, 0.25) is 0 Å². The van der Waals surface area contributed by atoms with Crippen LogP contribution in [0.1, 0.15) is 37.3 Å². The lowest BCUT2D eigenvalue weighted by molar-refractivity contribution is 0.0226. The lowest BCUT2D eigenvalue weighted by atomic mass is 9.89. The molecule has 96 valence electrons. The van der Waals surface area contributed by atoms with Crippen molar-refractivity contribution in [3.8, 4) is 5.75 Å². The van der Waals surface area contributed by atoms with E-state index in [1.165, 1.54) is 0 Å². The Kier molecular flexibility index (Phi) is 4.97. The van der Waals surface area contributed by atoms with Gasteiger partial charge < -0.3 is 14.9 Å². The van der Waals surface area contributed by atoms with E-state index in [0.717, 1.165) is 16.9 Å². The van der Waals surface area contributed by atoms with Gasteiger partial charge in [0.2, 0.25) is 0 Å². The molecule has 3 unspecified atom stereocenters. The van der Waals surface area contributed by atoms with Gasteiger partial charge in [0.15, 0.2) is 0 Å². The van der Waals surface area contributed by atoms with Crippen LogP contribution in [0.5, 0.6) is 5.75 Å². The minimum atomic E-state index is -0.701. The molecule has 3 atom stereocenters. The van der Waals surface area contributed by atoms with E-state index >= 15 is 0 Å². The number of aryl methyl sites for hydroxylation is 1. The van der Waals surface area contributed by atoms with Gasteiger partial charge >= 0.3 is 0 Å². The van der Waals surface area contributed by atoms with E-state index in [1.54, 1.807) is 14.0 Å². The summed E-state index contributed by atoms with van der Waals surface area (Å²) in [6.45, 7) is 5.67. The van der Waals surface area contributed by atoms with Crippen LogP contribution in [-0.2, 0) is 0 Å². The van der Waals surface area contributed by atoms with Crippen molar-refractivity contribution in [1.82, 2.24) is 0 Å². The normalized spacial score (nSPS) is 16.4. The summed E-state index contributed by atoms with van der Waals surface area (Å²) in [7, 11) is 1.65. The molecule has 3 heteroatoms. The first-order valence-corrected chi connectivity index (χ1v) is 5.97. The van der Waals surface area contributed by atoms with Crippen LogP contribution in [0.3, 0.4) is 0 Å². The molecule has 0 heterocycles.